The Morgan fingerprint density at radius 3 is 2.37 bits per heavy atom. The molecule has 1 aliphatic rings. The lowest BCUT2D eigenvalue weighted by atomic mass is 9.91. The van der Waals surface area contributed by atoms with Gasteiger partial charge in [-0.05, 0) is 69.7 Å². The molecule has 0 aromatic heterocycles. The number of rotatable bonds is 1. The summed E-state index contributed by atoms with van der Waals surface area (Å²) in [5, 5.41) is 12.5. The Balaban J connectivity index is 2.14. The lowest BCUT2D eigenvalue weighted by Crippen LogP contribution is -2.27. The number of aromatic hydroxyl groups is 1. The summed E-state index contributed by atoms with van der Waals surface area (Å²) in [7, 11) is 0. The summed E-state index contributed by atoms with van der Waals surface area (Å²) in [6, 6.07) is 3.61. The number of anilines is 1. The van der Waals surface area contributed by atoms with E-state index in [9.17, 15) is 9.90 Å². The third-order valence-electron chi connectivity index (χ3n) is 3.10. The minimum Gasteiger partial charge on any atom is -0.506 e. The molecule has 0 saturated carbocycles. The van der Waals surface area contributed by atoms with Crippen LogP contribution in [0.1, 0.15) is 44.7 Å². The highest BCUT2D eigenvalue weighted by Crippen LogP contribution is 2.32. The van der Waals surface area contributed by atoms with Crippen LogP contribution in [-0.4, -0.2) is 16.8 Å². The summed E-state index contributed by atoms with van der Waals surface area (Å²) in [5.74, 6) is 0.103. The summed E-state index contributed by atoms with van der Waals surface area (Å²) >= 11 is 0. The number of aryl methyl sites for hydroxylation is 2. The van der Waals surface area contributed by atoms with E-state index in [-0.39, 0.29) is 5.75 Å². The van der Waals surface area contributed by atoms with Gasteiger partial charge in [0.05, 0.1) is 5.69 Å². The second-order valence-corrected chi connectivity index (χ2v) is 5.97. The molecule has 2 rings (SSSR count). The number of benzene rings is 1. The molecule has 1 amide bonds. The van der Waals surface area contributed by atoms with Crippen molar-refractivity contribution in [3.8, 4) is 5.75 Å². The van der Waals surface area contributed by atoms with Crippen LogP contribution in [0.2, 0.25) is 0 Å². The van der Waals surface area contributed by atoms with Crippen molar-refractivity contribution in [2.75, 3.05) is 5.32 Å². The number of hydrogen-bond donors (Lipinski definition) is 2. The molecule has 4 nitrogen and oxygen atoms in total. The van der Waals surface area contributed by atoms with Gasteiger partial charge in [0.25, 0.3) is 0 Å². The topological polar surface area (TPSA) is 58.6 Å². The van der Waals surface area contributed by atoms with E-state index >= 15 is 0 Å². The molecule has 104 valence electrons. The Kier molecular flexibility index (Phi) is 3.69. The number of phenols is 1. The molecule has 1 aromatic carbocycles. The highest BCUT2D eigenvalue weighted by molar-refractivity contribution is 5.87. The fourth-order valence-corrected chi connectivity index (χ4v) is 2.29. The number of ether oxygens (including phenoxy) is 1. The Labute approximate surface area is 113 Å². The van der Waals surface area contributed by atoms with E-state index < -0.39 is 11.7 Å². The van der Waals surface area contributed by atoms with Gasteiger partial charge in [-0.1, -0.05) is 0 Å². The number of carbonyl (C=O) groups is 1. The zero-order chi connectivity index (χ0) is 14.0. The molecule has 0 saturated heterocycles. The van der Waals surface area contributed by atoms with Crippen LogP contribution < -0.4 is 5.32 Å². The maximum absolute atomic E-state index is 11.7. The van der Waals surface area contributed by atoms with Gasteiger partial charge in [-0.2, -0.15) is 0 Å². The van der Waals surface area contributed by atoms with Crippen molar-refractivity contribution in [2.24, 2.45) is 0 Å². The van der Waals surface area contributed by atoms with Crippen LogP contribution in [0.4, 0.5) is 10.5 Å². The molecule has 4 heteroatoms. The third-order valence-corrected chi connectivity index (χ3v) is 3.10. The van der Waals surface area contributed by atoms with Crippen molar-refractivity contribution >= 4 is 11.8 Å². The van der Waals surface area contributed by atoms with Gasteiger partial charge < -0.3 is 9.84 Å². The molecule has 0 atom stereocenters. The van der Waals surface area contributed by atoms with Gasteiger partial charge in [-0.25, -0.2) is 4.79 Å². The smallest absolute Gasteiger partial charge is 0.412 e. The number of amides is 1. The van der Waals surface area contributed by atoms with Crippen LogP contribution in [0, 0.1) is 0 Å². The van der Waals surface area contributed by atoms with Gasteiger partial charge in [0.1, 0.15) is 11.4 Å². The first-order chi connectivity index (χ1) is 8.85. The van der Waals surface area contributed by atoms with E-state index in [0.29, 0.717) is 5.69 Å². The van der Waals surface area contributed by atoms with Gasteiger partial charge in [0.15, 0.2) is 0 Å². The van der Waals surface area contributed by atoms with E-state index in [2.05, 4.69) is 5.32 Å². The van der Waals surface area contributed by atoms with Crippen molar-refractivity contribution in [1.29, 1.82) is 0 Å². The fourth-order valence-electron chi connectivity index (χ4n) is 2.29. The first kappa shape index (κ1) is 13.7. The van der Waals surface area contributed by atoms with E-state index in [4.69, 9.17) is 4.74 Å². The minimum atomic E-state index is -0.548. The predicted molar refractivity (Wildman–Crippen MR) is 74.6 cm³/mol. The van der Waals surface area contributed by atoms with Gasteiger partial charge in [-0.3, -0.25) is 5.32 Å². The Morgan fingerprint density at radius 1 is 1.21 bits per heavy atom. The summed E-state index contributed by atoms with van der Waals surface area (Å²) < 4.78 is 5.18. The van der Waals surface area contributed by atoms with Crippen molar-refractivity contribution in [3.05, 3.63) is 23.3 Å². The van der Waals surface area contributed by atoms with E-state index in [0.717, 1.165) is 25.7 Å². The maximum atomic E-state index is 11.7. The lowest BCUT2D eigenvalue weighted by Gasteiger charge is -2.21. The SMILES string of the molecule is CC(C)(C)OC(=O)Nc1cc2c(cc1O)CCCC2. The fraction of sp³-hybridized carbons (Fsp3) is 0.533. The number of phenolic OH excluding ortho intramolecular Hbond substituents is 1. The normalized spacial score (nSPS) is 14.7. The highest BCUT2D eigenvalue weighted by atomic mass is 16.6. The molecule has 0 fully saturated rings. The van der Waals surface area contributed by atoms with Gasteiger partial charge in [0, 0.05) is 0 Å². The van der Waals surface area contributed by atoms with E-state index in [1.54, 1.807) is 26.8 Å². The summed E-state index contributed by atoms with van der Waals surface area (Å²) in [6.45, 7) is 5.41. The third kappa shape index (κ3) is 3.63. The molecule has 2 N–H and O–H groups in total. The molecule has 19 heavy (non-hydrogen) atoms. The standard InChI is InChI=1S/C15H21NO3/c1-15(2,3)19-14(18)16-12-8-10-6-4-5-7-11(10)9-13(12)17/h8-9,17H,4-7H2,1-3H3,(H,16,18). The molecule has 0 spiro atoms. The van der Waals surface area contributed by atoms with Crippen LogP contribution in [0.25, 0.3) is 0 Å². The number of carbonyl (C=O) groups excluding carboxylic acids is 1. The molecule has 1 aliphatic carbocycles. The average Bonchev–Trinajstić information content (AvgIpc) is 2.27. The van der Waals surface area contributed by atoms with Crippen LogP contribution in [0.15, 0.2) is 12.1 Å². The predicted octanol–water partition coefficient (Wildman–Crippen LogP) is 3.62. The first-order valence-corrected chi connectivity index (χ1v) is 6.70. The second-order valence-electron chi connectivity index (χ2n) is 5.97. The zero-order valence-corrected chi connectivity index (χ0v) is 11.7. The van der Waals surface area contributed by atoms with Crippen LogP contribution >= 0.6 is 0 Å². The summed E-state index contributed by atoms with van der Waals surface area (Å²) in [5.41, 5.74) is 2.26. The monoisotopic (exact) mass is 263 g/mol. The van der Waals surface area contributed by atoms with Gasteiger partial charge in [0.2, 0.25) is 0 Å². The highest BCUT2D eigenvalue weighted by Gasteiger charge is 2.19. The van der Waals surface area contributed by atoms with Gasteiger partial charge >= 0.3 is 6.09 Å². The van der Waals surface area contributed by atoms with Crippen molar-refractivity contribution in [3.63, 3.8) is 0 Å². The molecule has 0 bridgehead atoms. The molecule has 1 aromatic rings. The minimum absolute atomic E-state index is 0.103. The van der Waals surface area contributed by atoms with E-state index in [1.807, 2.05) is 6.07 Å². The average molecular weight is 263 g/mol. The molecular weight excluding hydrogens is 242 g/mol. The second kappa shape index (κ2) is 5.11. The summed E-state index contributed by atoms with van der Waals surface area (Å²) in [4.78, 5) is 11.7. The number of fused-ring (bicyclic) bond motifs is 1. The molecule has 0 unspecified atom stereocenters. The Bertz CT molecular complexity index is 489. The zero-order valence-electron chi connectivity index (χ0n) is 11.7. The Hall–Kier alpha value is -1.71. The molecule has 0 heterocycles. The van der Waals surface area contributed by atoms with Crippen molar-refractivity contribution in [2.45, 2.75) is 52.1 Å². The molecule has 0 radical (unpaired) electrons. The van der Waals surface area contributed by atoms with Crippen LogP contribution in [0.3, 0.4) is 0 Å². The Morgan fingerprint density at radius 2 is 1.79 bits per heavy atom. The first-order valence-electron chi connectivity index (χ1n) is 6.70. The van der Waals surface area contributed by atoms with Crippen molar-refractivity contribution in [1.82, 2.24) is 0 Å². The largest absolute Gasteiger partial charge is 0.506 e. The molecular formula is C15H21NO3. The van der Waals surface area contributed by atoms with Crippen molar-refractivity contribution < 1.29 is 14.6 Å². The maximum Gasteiger partial charge on any atom is 0.412 e. The quantitative estimate of drug-likeness (QED) is 0.761. The van der Waals surface area contributed by atoms with Crippen LogP contribution in [0.5, 0.6) is 5.75 Å². The van der Waals surface area contributed by atoms with E-state index in [1.165, 1.54) is 11.1 Å². The summed E-state index contributed by atoms with van der Waals surface area (Å²) in [6.07, 6.45) is 3.77. The van der Waals surface area contributed by atoms with Crippen LogP contribution in [-0.2, 0) is 17.6 Å². The molecule has 0 aliphatic heterocycles. The number of hydrogen-bond acceptors (Lipinski definition) is 3. The van der Waals surface area contributed by atoms with Gasteiger partial charge in [-0.15, -0.1) is 0 Å². The lowest BCUT2D eigenvalue weighted by molar-refractivity contribution is 0.0635. The number of nitrogens with one attached hydrogen (secondary N) is 1.